The van der Waals surface area contributed by atoms with Crippen LogP contribution in [-0.4, -0.2) is 0 Å². The van der Waals surface area contributed by atoms with E-state index in [1.54, 1.807) is 0 Å². The van der Waals surface area contributed by atoms with Gasteiger partial charge in [0.1, 0.15) is 0 Å². The van der Waals surface area contributed by atoms with Gasteiger partial charge in [0.15, 0.2) is 0 Å². The molecule has 0 heterocycles. The van der Waals surface area contributed by atoms with Crippen LogP contribution in [0.15, 0.2) is 12.1 Å². The van der Waals surface area contributed by atoms with Crippen molar-refractivity contribution in [3.63, 3.8) is 0 Å². The molecule has 0 spiro atoms. The molecule has 0 saturated heterocycles. The van der Waals surface area contributed by atoms with Crippen molar-refractivity contribution in [1.29, 1.82) is 0 Å². The molecule has 21 heavy (non-hydrogen) atoms. The summed E-state index contributed by atoms with van der Waals surface area (Å²) in [4.78, 5) is 0. The van der Waals surface area contributed by atoms with Gasteiger partial charge < -0.3 is 6.15 Å². The van der Waals surface area contributed by atoms with E-state index in [9.17, 15) is 0 Å². The number of aryl methyl sites for hydroxylation is 1. The van der Waals surface area contributed by atoms with Crippen LogP contribution >= 0.6 is 11.6 Å². The summed E-state index contributed by atoms with van der Waals surface area (Å²) in [5.74, 6) is 0.646. The summed E-state index contributed by atoms with van der Waals surface area (Å²) < 4.78 is 0. The second-order valence-electron chi connectivity index (χ2n) is 6.00. The summed E-state index contributed by atoms with van der Waals surface area (Å²) in [6, 6.07) is 4.40. The molecule has 122 valence electrons. The first kappa shape index (κ1) is 20.5. The van der Waals surface area contributed by atoms with Crippen molar-refractivity contribution in [2.45, 2.75) is 84.4 Å². The number of hydrogen-bond donors (Lipinski definition) is 1. The van der Waals surface area contributed by atoms with Gasteiger partial charge in [-0.05, 0) is 48.9 Å². The number of halogens is 1. The molecule has 0 aromatic heterocycles. The van der Waals surface area contributed by atoms with E-state index in [0.717, 1.165) is 0 Å². The fourth-order valence-electron chi connectivity index (χ4n) is 2.84. The maximum atomic E-state index is 6.07. The zero-order valence-electron chi connectivity index (χ0n) is 14.3. The molecule has 1 nitrogen and oxygen atoms in total. The summed E-state index contributed by atoms with van der Waals surface area (Å²) in [6.45, 7) is 6.72. The Labute approximate surface area is 137 Å². The predicted octanol–water partition coefficient (Wildman–Crippen LogP) is 6.89. The lowest BCUT2D eigenvalue weighted by Crippen LogP contribution is -1.98. The van der Waals surface area contributed by atoms with Crippen LogP contribution in [0.3, 0.4) is 0 Å². The van der Waals surface area contributed by atoms with Gasteiger partial charge in [-0.25, -0.2) is 0 Å². The summed E-state index contributed by atoms with van der Waals surface area (Å²) in [5.41, 5.74) is 5.68. The van der Waals surface area contributed by atoms with Crippen molar-refractivity contribution in [2.75, 3.05) is 0 Å². The third-order valence-electron chi connectivity index (χ3n) is 4.39. The normalized spacial score (nSPS) is 10.5. The molecule has 0 aliphatic carbocycles. The molecular formula is C19H34ClN. The number of unbranched alkanes of at least 4 members (excludes halogenated alkanes) is 7. The van der Waals surface area contributed by atoms with Gasteiger partial charge in [0.25, 0.3) is 0 Å². The molecule has 0 aliphatic heterocycles. The van der Waals surface area contributed by atoms with Crippen molar-refractivity contribution in [1.82, 2.24) is 6.15 Å². The van der Waals surface area contributed by atoms with E-state index in [1.807, 2.05) is 0 Å². The fourth-order valence-corrected chi connectivity index (χ4v) is 3.09. The Morgan fingerprint density at radius 2 is 1.43 bits per heavy atom. The molecule has 1 aromatic carbocycles. The smallest absolute Gasteiger partial charge is 0.0476 e. The number of hydrogen-bond acceptors (Lipinski definition) is 1. The standard InChI is InChI=1S/C19H31Cl.H3N/c1-4-5-6-7-8-9-10-11-12-19-17(3)16(2)13-14-18(19)15-20;/h13-14H,4-12,15H2,1-3H3;1H3. The molecule has 0 radical (unpaired) electrons. The molecule has 0 aliphatic rings. The predicted molar refractivity (Wildman–Crippen MR) is 96.8 cm³/mol. The second-order valence-corrected chi connectivity index (χ2v) is 6.27. The first-order chi connectivity index (χ1) is 9.70. The minimum Gasteiger partial charge on any atom is -0.344 e. The summed E-state index contributed by atoms with van der Waals surface area (Å²) in [6.07, 6.45) is 12.3. The number of alkyl halides is 1. The van der Waals surface area contributed by atoms with Crippen LogP contribution < -0.4 is 6.15 Å². The highest BCUT2D eigenvalue weighted by molar-refractivity contribution is 6.17. The van der Waals surface area contributed by atoms with E-state index in [0.29, 0.717) is 5.88 Å². The molecule has 0 saturated carbocycles. The van der Waals surface area contributed by atoms with E-state index in [2.05, 4.69) is 32.9 Å². The van der Waals surface area contributed by atoms with Gasteiger partial charge in [-0.2, -0.15) is 0 Å². The van der Waals surface area contributed by atoms with E-state index in [1.165, 1.54) is 80.0 Å². The Morgan fingerprint density at radius 1 is 0.857 bits per heavy atom. The van der Waals surface area contributed by atoms with Gasteiger partial charge in [0.05, 0.1) is 0 Å². The average molecular weight is 312 g/mol. The lowest BCUT2D eigenvalue weighted by atomic mass is 9.94. The molecule has 0 unspecified atom stereocenters. The van der Waals surface area contributed by atoms with Crippen LogP contribution in [0.2, 0.25) is 0 Å². The van der Waals surface area contributed by atoms with Crippen LogP contribution in [0, 0.1) is 13.8 Å². The molecule has 1 rings (SSSR count). The maximum absolute atomic E-state index is 6.07. The quantitative estimate of drug-likeness (QED) is 0.370. The zero-order valence-corrected chi connectivity index (χ0v) is 15.1. The molecule has 1 aromatic rings. The van der Waals surface area contributed by atoms with Gasteiger partial charge in [0, 0.05) is 5.88 Å². The lowest BCUT2D eigenvalue weighted by Gasteiger charge is -2.13. The molecule has 0 fully saturated rings. The van der Waals surface area contributed by atoms with Crippen molar-refractivity contribution in [3.8, 4) is 0 Å². The van der Waals surface area contributed by atoms with Gasteiger partial charge in [-0.3, -0.25) is 0 Å². The molecular weight excluding hydrogens is 278 g/mol. The van der Waals surface area contributed by atoms with Crippen molar-refractivity contribution in [3.05, 3.63) is 34.4 Å². The van der Waals surface area contributed by atoms with Crippen LogP contribution in [0.4, 0.5) is 0 Å². The third kappa shape index (κ3) is 7.33. The molecule has 0 bridgehead atoms. The maximum Gasteiger partial charge on any atom is 0.0476 e. The summed E-state index contributed by atoms with van der Waals surface area (Å²) in [5, 5.41) is 0. The van der Waals surface area contributed by atoms with Gasteiger partial charge in [0.2, 0.25) is 0 Å². The Bertz CT molecular complexity index is 387. The molecule has 2 heteroatoms. The monoisotopic (exact) mass is 311 g/mol. The van der Waals surface area contributed by atoms with Gasteiger partial charge in [-0.15, -0.1) is 11.6 Å². The lowest BCUT2D eigenvalue weighted by molar-refractivity contribution is 0.575. The molecule has 0 amide bonds. The minimum atomic E-state index is 0. The van der Waals surface area contributed by atoms with Crippen molar-refractivity contribution in [2.24, 2.45) is 0 Å². The molecule has 3 N–H and O–H groups in total. The third-order valence-corrected chi connectivity index (χ3v) is 4.68. The molecule has 0 atom stereocenters. The van der Waals surface area contributed by atoms with E-state index in [4.69, 9.17) is 11.6 Å². The zero-order chi connectivity index (χ0) is 14.8. The highest BCUT2D eigenvalue weighted by Crippen LogP contribution is 2.22. The minimum absolute atomic E-state index is 0. The van der Waals surface area contributed by atoms with Crippen molar-refractivity contribution < 1.29 is 0 Å². The fraction of sp³-hybridized carbons (Fsp3) is 0.684. The van der Waals surface area contributed by atoms with Crippen LogP contribution in [-0.2, 0) is 12.3 Å². The van der Waals surface area contributed by atoms with Crippen LogP contribution in [0.1, 0.15) is 80.5 Å². The van der Waals surface area contributed by atoms with Crippen LogP contribution in [0.5, 0.6) is 0 Å². The highest BCUT2D eigenvalue weighted by Gasteiger charge is 2.07. The van der Waals surface area contributed by atoms with E-state index >= 15 is 0 Å². The summed E-state index contributed by atoms with van der Waals surface area (Å²) >= 11 is 6.07. The number of rotatable bonds is 10. The Morgan fingerprint density at radius 3 is 2.00 bits per heavy atom. The van der Waals surface area contributed by atoms with Crippen LogP contribution in [0.25, 0.3) is 0 Å². The van der Waals surface area contributed by atoms with Gasteiger partial charge >= 0.3 is 0 Å². The summed E-state index contributed by atoms with van der Waals surface area (Å²) in [7, 11) is 0. The number of benzene rings is 1. The second kappa shape index (κ2) is 12.1. The Balaban J connectivity index is 0.00000400. The SMILES string of the molecule is CCCCCCCCCCc1c(CCl)ccc(C)c1C.N. The van der Waals surface area contributed by atoms with E-state index in [-0.39, 0.29) is 6.15 Å². The highest BCUT2D eigenvalue weighted by atomic mass is 35.5. The first-order valence-electron chi connectivity index (χ1n) is 8.34. The first-order valence-corrected chi connectivity index (χ1v) is 8.88. The largest absolute Gasteiger partial charge is 0.344 e. The average Bonchev–Trinajstić information content (AvgIpc) is 2.46. The van der Waals surface area contributed by atoms with Gasteiger partial charge in [-0.1, -0.05) is 64.0 Å². The Hall–Kier alpha value is -0.530. The van der Waals surface area contributed by atoms with E-state index < -0.39 is 0 Å². The topological polar surface area (TPSA) is 35.0 Å². The van der Waals surface area contributed by atoms with Crippen molar-refractivity contribution >= 4 is 11.6 Å². The Kier molecular flexibility index (Phi) is 11.8.